The van der Waals surface area contributed by atoms with E-state index in [0.29, 0.717) is 29.3 Å². The Morgan fingerprint density at radius 3 is 2.02 bits per heavy atom. The number of quaternary nitrogens is 1. The van der Waals surface area contributed by atoms with Crippen LogP contribution in [0.1, 0.15) is 61.6 Å². The second-order valence-corrected chi connectivity index (χ2v) is 11.4. The van der Waals surface area contributed by atoms with E-state index in [1.54, 1.807) is 26.0 Å². The Bertz CT molecular complexity index is 1520. The van der Waals surface area contributed by atoms with Crippen molar-refractivity contribution in [3.8, 4) is 0 Å². The largest absolute Gasteiger partial charge is 1.00 e. The van der Waals surface area contributed by atoms with Crippen LogP contribution in [0.5, 0.6) is 0 Å². The number of nitro benzene ring substituents is 1. The van der Waals surface area contributed by atoms with Gasteiger partial charge >= 0.3 is 11.9 Å². The molecule has 3 aromatic rings. The van der Waals surface area contributed by atoms with Crippen LogP contribution in [-0.2, 0) is 19.1 Å². The average Bonchev–Trinajstić information content (AvgIpc) is 3.05. The molecule has 0 saturated heterocycles. The number of dihydropyridines is 1. The van der Waals surface area contributed by atoms with Gasteiger partial charge < -0.3 is 32.1 Å². The molecule has 0 saturated carbocycles. The lowest BCUT2D eigenvalue weighted by Gasteiger charge is -2.30. The number of allylic oxidation sites excluding steroid dienone is 2. The normalized spacial score (nSPS) is 15.1. The van der Waals surface area contributed by atoms with Crippen molar-refractivity contribution in [1.82, 2.24) is 5.32 Å². The first-order chi connectivity index (χ1) is 21.7. The van der Waals surface area contributed by atoms with Crippen molar-refractivity contribution in [3.05, 3.63) is 134 Å². The third kappa shape index (κ3) is 9.05. The maximum atomic E-state index is 13.5. The first kappa shape index (κ1) is 36.0. The molecule has 2 unspecified atom stereocenters. The molecule has 0 amide bonds. The Kier molecular flexibility index (Phi) is 13.5. The van der Waals surface area contributed by atoms with Gasteiger partial charge in [-0.15, -0.1) is 0 Å². The summed E-state index contributed by atoms with van der Waals surface area (Å²) in [6, 6.07) is 27.2. The molecule has 244 valence electrons. The van der Waals surface area contributed by atoms with Gasteiger partial charge in [0, 0.05) is 35.9 Å². The molecule has 0 aromatic heterocycles. The monoisotopic (exact) mass is 647 g/mol. The number of halogens is 1. The molecular formula is C36H42ClN3O6. The highest BCUT2D eigenvalue weighted by atomic mass is 35.5. The van der Waals surface area contributed by atoms with E-state index in [-0.39, 0.29) is 35.8 Å². The lowest BCUT2D eigenvalue weighted by molar-refractivity contribution is -0.880. The first-order valence-electron chi connectivity index (χ1n) is 15.3. The number of ether oxygens (including phenoxy) is 2. The molecule has 0 radical (unpaired) electrons. The summed E-state index contributed by atoms with van der Waals surface area (Å²) in [5, 5.41) is 14.6. The van der Waals surface area contributed by atoms with Crippen LogP contribution >= 0.6 is 0 Å². The molecule has 0 fully saturated rings. The first-order valence-corrected chi connectivity index (χ1v) is 15.3. The molecule has 10 heteroatoms. The second kappa shape index (κ2) is 17.3. The highest BCUT2D eigenvalue weighted by Crippen LogP contribution is 2.40. The molecule has 0 aliphatic carbocycles. The molecule has 0 spiro atoms. The van der Waals surface area contributed by atoms with Crippen LogP contribution in [0.3, 0.4) is 0 Å². The van der Waals surface area contributed by atoms with Gasteiger partial charge in [0.2, 0.25) is 0 Å². The summed E-state index contributed by atoms with van der Waals surface area (Å²) in [5.41, 5.74) is 4.41. The molecule has 3 aromatic carbocycles. The molecule has 1 heterocycles. The van der Waals surface area contributed by atoms with Gasteiger partial charge in [-0.25, -0.2) is 9.59 Å². The Hall–Kier alpha value is -4.47. The number of carbonyl (C=O) groups excluding carboxylic acids is 2. The number of benzene rings is 3. The standard InChI is InChI=1S/C36H41N3O6.ClH/c1-25-32(35(40)44-4)34(29-18-13-19-30(24-29)39(42)43)33(26(2)37-25)36(41)45-23-12-11-21-38(3)22-20-31(27-14-7-5-8-15-27)28-16-9-6-10-17-28;/h5-10,13-19,24,31,34,37H,11-12,20-23H2,1-4H3;1H. The van der Waals surface area contributed by atoms with E-state index in [1.807, 2.05) is 12.1 Å². The number of methoxy groups -OCH3 is 1. The minimum atomic E-state index is -0.871. The zero-order valence-corrected chi connectivity index (χ0v) is 27.5. The van der Waals surface area contributed by atoms with Crippen LogP contribution in [0.2, 0.25) is 0 Å². The number of nitrogens with one attached hydrogen (secondary N) is 2. The van der Waals surface area contributed by atoms with Crippen molar-refractivity contribution < 1.29 is 41.3 Å². The fourth-order valence-electron chi connectivity index (χ4n) is 5.98. The number of hydrogen-bond donors (Lipinski definition) is 2. The minimum Gasteiger partial charge on any atom is -1.00 e. The number of carbonyl (C=O) groups is 2. The van der Waals surface area contributed by atoms with E-state index >= 15 is 0 Å². The van der Waals surface area contributed by atoms with Gasteiger partial charge in [-0.3, -0.25) is 10.1 Å². The van der Waals surface area contributed by atoms with Gasteiger partial charge in [0.1, 0.15) is 0 Å². The molecular weight excluding hydrogens is 606 g/mol. The zero-order chi connectivity index (χ0) is 32.3. The molecule has 0 bridgehead atoms. The van der Waals surface area contributed by atoms with Crippen LogP contribution in [0.25, 0.3) is 0 Å². The Balaban J connectivity index is 0.00000576. The number of unbranched alkanes of at least 4 members (excludes halogenated alkanes) is 1. The van der Waals surface area contributed by atoms with Gasteiger partial charge in [0.15, 0.2) is 0 Å². The number of esters is 2. The van der Waals surface area contributed by atoms with Crippen LogP contribution in [0.4, 0.5) is 5.69 Å². The number of non-ortho nitro benzene ring substituents is 1. The van der Waals surface area contributed by atoms with E-state index in [2.05, 4.69) is 60.9 Å². The minimum absolute atomic E-state index is 0. The topological polar surface area (TPSA) is 112 Å². The van der Waals surface area contributed by atoms with Crippen molar-refractivity contribution in [1.29, 1.82) is 0 Å². The third-order valence-electron chi connectivity index (χ3n) is 8.29. The summed E-state index contributed by atoms with van der Waals surface area (Å²) in [4.78, 5) is 38.7. The predicted octanol–water partition coefficient (Wildman–Crippen LogP) is 2.07. The second-order valence-electron chi connectivity index (χ2n) is 11.4. The molecule has 2 atom stereocenters. The molecule has 2 N–H and O–H groups in total. The number of nitrogens with zero attached hydrogens (tertiary/aromatic N) is 1. The summed E-state index contributed by atoms with van der Waals surface area (Å²) in [6.07, 6.45) is 2.57. The van der Waals surface area contributed by atoms with E-state index in [0.717, 1.165) is 25.9 Å². The van der Waals surface area contributed by atoms with E-state index in [4.69, 9.17) is 9.47 Å². The lowest BCUT2D eigenvalue weighted by atomic mass is 9.80. The van der Waals surface area contributed by atoms with Crippen LogP contribution in [-0.4, -0.2) is 50.7 Å². The lowest BCUT2D eigenvalue weighted by Crippen LogP contribution is -3.09. The van der Waals surface area contributed by atoms with E-state index in [9.17, 15) is 19.7 Å². The number of rotatable bonds is 14. The predicted molar refractivity (Wildman–Crippen MR) is 173 cm³/mol. The van der Waals surface area contributed by atoms with E-state index < -0.39 is 22.8 Å². The quantitative estimate of drug-likeness (QED) is 0.119. The number of hydrogen-bond acceptors (Lipinski definition) is 7. The molecule has 4 rings (SSSR count). The maximum Gasteiger partial charge on any atom is 0.336 e. The fraction of sp³-hybridized carbons (Fsp3) is 0.333. The molecule has 1 aliphatic rings. The van der Waals surface area contributed by atoms with Gasteiger partial charge in [0.05, 0.1) is 55.8 Å². The molecule has 46 heavy (non-hydrogen) atoms. The fourth-order valence-corrected chi connectivity index (χ4v) is 5.98. The average molecular weight is 648 g/mol. The third-order valence-corrected chi connectivity index (χ3v) is 8.29. The van der Waals surface area contributed by atoms with Crippen molar-refractivity contribution in [2.24, 2.45) is 0 Å². The van der Waals surface area contributed by atoms with Crippen LogP contribution in [0, 0.1) is 10.1 Å². The summed E-state index contributed by atoms with van der Waals surface area (Å²) in [7, 11) is 3.45. The summed E-state index contributed by atoms with van der Waals surface area (Å²) >= 11 is 0. The van der Waals surface area contributed by atoms with Crippen molar-refractivity contribution in [2.75, 3.05) is 33.9 Å². The summed E-state index contributed by atoms with van der Waals surface area (Å²) < 4.78 is 10.7. The highest BCUT2D eigenvalue weighted by Gasteiger charge is 2.38. The Morgan fingerprint density at radius 1 is 0.870 bits per heavy atom. The van der Waals surface area contributed by atoms with Gasteiger partial charge in [-0.2, -0.15) is 0 Å². The van der Waals surface area contributed by atoms with Gasteiger partial charge in [-0.1, -0.05) is 72.8 Å². The van der Waals surface area contributed by atoms with E-state index in [1.165, 1.54) is 35.3 Å². The number of nitro groups is 1. The van der Waals surface area contributed by atoms with Crippen molar-refractivity contribution in [3.63, 3.8) is 0 Å². The van der Waals surface area contributed by atoms with Crippen molar-refractivity contribution in [2.45, 2.75) is 44.9 Å². The van der Waals surface area contributed by atoms with Crippen molar-refractivity contribution >= 4 is 17.6 Å². The zero-order valence-electron chi connectivity index (χ0n) is 26.8. The molecule has 9 nitrogen and oxygen atoms in total. The van der Waals surface area contributed by atoms with Gasteiger partial charge in [0.25, 0.3) is 5.69 Å². The summed E-state index contributed by atoms with van der Waals surface area (Å²) in [6.45, 7) is 5.59. The van der Waals surface area contributed by atoms with Gasteiger partial charge in [-0.05, 0) is 43.4 Å². The highest BCUT2D eigenvalue weighted by molar-refractivity contribution is 5.99. The SMILES string of the molecule is COC(=O)C1=C(C)NC(C)=C(C(=O)OCCCC[NH+](C)CCC(c2ccccc2)c2ccccc2)C1c1cccc([N+](=O)[O-])c1.[Cl-]. The molecule has 1 aliphatic heterocycles. The Labute approximate surface area is 276 Å². The Morgan fingerprint density at radius 2 is 1.46 bits per heavy atom. The van der Waals surface area contributed by atoms with Crippen LogP contribution in [0.15, 0.2) is 107 Å². The van der Waals surface area contributed by atoms with Crippen LogP contribution < -0.4 is 22.6 Å². The maximum absolute atomic E-state index is 13.5. The smallest absolute Gasteiger partial charge is 0.336 e. The summed E-state index contributed by atoms with van der Waals surface area (Å²) in [5.74, 6) is -1.74.